The van der Waals surface area contributed by atoms with E-state index in [0.29, 0.717) is 0 Å². The van der Waals surface area contributed by atoms with Crippen molar-refractivity contribution in [3.8, 4) is 0 Å². The monoisotopic (exact) mass is 273 g/mol. The number of rotatable bonds is 2. The van der Waals surface area contributed by atoms with Crippen molar-refractivity contribution < 1.29 is 28.0 Å². The van der Waals surface area contributed by atoms with E-state index in [1.807, 2.05) is 0 Å². The summed E-state index contributed by atoms with van der Waals surface area (Å²) >= 11 is 0. The van der Waals surface area contributed by atoms with Crippen molar-refractivity contribution in [1.29, 1.82) is 0 Å². The molecule has 0 N–H and O–H groups in total. The van der Waals surface area contributed by atoms with E-state index in [-0.39, 0.29) is 14.9 Å². The molecule has 13 heteroatoms. The van der Waals surface area contributed by atoms with Gasteiger partial charge in [0.25, 0.3) is 0 Å². The second-order valence-electron chi connectivity index (χ2n) is 3.26. The number of carbonyl (C=O) groups excluding carboxylic acids is 1. The third-order valence-corrected chi connectivity index (χ3v) is 1.99. The fraction of sp³-hybridized carbons (Fsp3) is 0.800. The number of amides is 1. The van der Waals surface area contributed by atoms with E-state index in [1.54, 1.807) is 0 Å². The largest absolute Gasteiger partial charge is 0.471 e. The van der Waals surface area contributed by atoms with Crippen molar-refractivity contribution >= 4 is 5.91 Å². The number of nitro groups is 2. The lowest BCUT2D eigenvalue weighted by Gasteiger charge is -2.33. The minimum Gasteiger partial charge on any atom is -0.288 e. The first-order chi connectivity index (χ1) is 8.12. The molecule has 0 radical (unpaired) electrons. The predicted molar refractivity (Wildman–Crippen MR) is 45.2 cm³/mol. The van der Waals surface area contributed by atoms with Gasteiger partial charge in [-0.2, -0.15) is 13.2 Å². The zero-order valence-corrected chi connectivity index (χ0v) is 8.53. The lowest BCUT2D eigenvalue weighted by molar-refractivity contribution is -0.726. The van der Waals surface area contributed by atoms with Gasteiger partial charge in [0.05, 0.1) is 0 Å². The van der Waals surface area contributed by atoms with E-state index in [2.05, 4.69) is 0 Å². The van der Waals surface area contributed by atoms with Crippen molar-refractivity contribution in [2.75, 3.05) is 20.0 Å². The van der Waals surface area contributed by atoms with Crippen LogP contribution in [0.3, 0.4) is 0 Å². The maximum Gasteiger partial charge on any atom is 0.471 e. The van der Waals surface area contributed by atoms with Crippen LogP contribution in [-0.2, 0) is 4.79 Å². The minimum atomic E-state index is -5.25. The molecular weight excluding hydrogens is 267 g/mol. The van der Waals surface area contributed by atoms with Gasteiger partial charge < -0.3 is 0 Å². The summed E-state index contributed by atoms with van der Waals surface area (Å²) in [7, 11) is 0. The van der Waals surface area contributed by atoms with E-state index in [4.69, 9.17) is 0 Å². The Kier molecular flexibility index (Phi) is 3.43. The Labute approximate surface area is 96.4 Å². The molecule has 0 aliphatic carbocycles. The zero-order valence-electron chi connectivity index (χ0n) is 8.53. The summed E-state index contributed by atoms with van der Waals surface area (Å²) < 4.78 is 36.4. The van der Waals surface area contributed by atoms with Crippen molar-refractivity contribution in [2.24, 2.45) is 0 Å². The second kappa shape index (κ2) is 4.50. The van der Waals surface area contributed by atoms with E-state index in [0.717, 1.165) is 0 Å². The highest BCUT2D eigenvalue weighted by atomic mass is 19.4. The van der Waals surface area contributed by atoms with Crippen LogP contribution in [0.15, 0.2) is 0 Å². The molecule has 0 atom stereocenters. The predicted octanol–water partition coefficient (Wildman–Crippen LogP) is -0.749. The van der Waals surface area contributed by atoms with Crippen molar-refractivity contribution in [1.82, 2.24) is 14.9 Å². The number of nitrogens with zero attached hydrogens (tertiary/aromatic N) is 5. The van der Waals surface area contributed by atoms with Crippen LogP contribution in [0.2, 0.25) is 0 Å². The van der Waals surface area contributed by atoms with Crippen LogP contribution >= 0.6 is 0 Å². The molecule has 0 aromatic heterocycles. The van der Waals surface area contributed by atoms with E-state index >= 15 is 0 Å². The third kappa shape index (κ3) is 2.86. The summed E-state index contributed by atoms with van der Waals surface area (Å²) in [6.45, 7) is -2.77. The van der Waals surface area contributed by atoms with Crippen LogP contribution in [0.25, 0.3) is 0 Å². The Balaban J connectivity index is 2.89. The number of halogens is 3. The number of hydrazine groups is 2. The molecule has 1 saturated heterocycles. The van der Waals surface area contributed by atoms with Crippen molar-refractivity contribution in [2.45, 2.75) is 6.18 Å². The molecule has 0 spiro atoms. The van der Waals surface area contributed by atoms with E-state index in [9.17, 15) is 38.2 Å². The molecule has 0 aromatic carbocycles. The summed E-state index contributed by atoms with van der Waals surface area (Å²) in [6, 6.07) is 0. The normalized spacial score (nSPS) is 16.7. The van der Waals surface area contributed by atoms with Crippen LogP contribution < -0.4 is 0 Å². The Bertz CT molecular complexity index is 364. The molecule has 1 amide bonds. The molecule has 1 heterocycles. The molecule has 1 aliphatic rings. The first kappa shape index (κ1) is 13.7. The topological polar surface area (TPSA) is 113 Å². The Morgan fingerprint density at radius 3 is 1.67 bits per heavy atom. The molecule has 1 fully saturated rings. The SMILES string of the molecule is O=C(N1CN([N+](=O)[O-])CN([N+](=O)[O-])C1)C(F)(F)F. The average Bonchev–Trinajstić information content (AvgIpc) is 2.26. The van der Waals surface area contributed by atoms with Gasteiger partial charge in [0, 0.05) is 0 Å². The van der Waals surface area contributed by atoms with Gasteiger partial charge in [0.2, 0.25) is 6.67 Å². The third-order valence-electron chi connectivity index (χ3n) is 1.99. The highest BCUT2D eigenvalue weighted by Gasteiger charge is 2.47. The summed E-state index contributed by atoms with van der Waals surface area (Å²) in [4.78, 5) is 31.6. The molecule has 1 aliphatic heterocycles. The van der Waals surface area contributed by atoms with E-state index < -0.39 is 42.2 Å². The first-order valence-corrected chi connectivity index (χ1v) is 4.27. The molecule has 1 rings (SSSR count). The number of hydrogen-bond acceptors (Lipinski definition) is 5. The smallest absolute Gasteiger partial charge is 0.288 e. The van der Waals surface area contributed by atoms with Gasteiger partial charge >= 0.3 is 12.1 Å². The second-order valence-corrected chi connectivity index (χ2v) is 3.26. The van der Waals surface area contributed by atoms with Gasteiger partial charge in [-0.15, -0.1) is 0 Å². The van der Waals surface area contributed by atoms with Crippen LogP contribution in [0, 0.1) is 20.2 Å². The highest BCUT2D eigenvalue weighted by Crippen LogP contribution is 2.20. The summed E-state index contributed by atoms with van der Waals surface area (Å²) in [5, 5.41) is 18.8. The average molecular weight is 273 g/mol. The van der Waals surface area contributed by atoms with Crippen LogP contribution in [-0.4, -0.2) is 57.1 Å². The molecule has 0 bridgehead atoms. The van der Waals surface area contributed by atoms with Gasteiger partial charge in [0.15, 0.2) is 23.4 Å². The molecule has 18 heavy (non-hydrogen) atoms. The van der Waals surface area contributed by atoms with Crippen LogP contribution in [0.1, 0.15) is 0 Å². The van der Waals surface area contributed by atoms with Gasteiger partial charge in [0.1, 0.15) is 0 Å². The molecule has 102 valence electrons. The molecule has 0 saturated carbocycles. The lowest BCUT2D eigenvalue weighted by atomic mass is 10.5. The maximum atomic E-state index is 12.1. The molecule has 10 nitrogen and oxygen atoms in total. The standard InChI is InChI=1S/C5H6F3N5O5/c6-5(7,8)4(14)9-1-10(12(15)16)3-11(2-9)13(17)18/h1-3H2. The minimum absolute atomic E-state index is 0.0326. The molecule has 0 aromatic rings. The van der Waals surface area contributed by atoms with Gasteiger partial charge in [-0.25, -0.2) is 20.2 Å². The lowest BCUT2D eigenvalue weighted by Crippen LogP contribution is -2.61. The summed E-state index contributed by atoms with van der Waals surface area (Å²) in [6.07, 6.45) is -5.25. The summed E-state index contributed by atoms with van der Waals surface area (Å²) in [5.41, 5.74) is 0. The highest BCUT2D eigenvalue weighted by molar-refractivity contribution is 5.81. The number of alkyl halides is 3. The van der Waals surface area contributed by atoms with Gasteiger partial charge in [-0.1, -0.05) is 10.0 Å². The Morgan fingerprint density at radius 1 is 1.00 bits per heavy atom. The Morgan fingerprint density at radius 2 is 1.39 bits per heavy atom. The zero-order chi connectivity index (χ0) is 14.1. The van der Waals surface area contributed by atoms with Crippen molar-refractivity contribution in [3.63, 3.8) is 0 Å². The maximum absolute atomic E-state index is 12.1. The van der Waals surface area contributed by atoms with Gasteiger partial charge in [-0.3, -0.25) is 9.69 Å². The molecular formula is C5H6F3N5O5. The number of carbonyl (C=O) groups is 1. The van der Waals surface area contributed by atoms with E-state index in [1.165, 1.54) is 0 Å². The van der Waals surface area contributed by atoms with Crippen LogP contribution in [0.4, 0.5) is 13.2 Å². The summed E-state index contributed by atoms with van der Waals surface area (Å²) in [5.74, 6) is -2.37. The fourth-order valence-electron chi connectivity index (χ4n) is 1.23. The van der Waals surface area contributed by atoms with Gasteiger partial charge in [-0.05, 0) is 0 Å². The Hall–Kier alpha value is -2.34. The number of hydrogen-bond donors (Lipinski definition) is 0. The first-order valence-electron chi connectivity index (χ1n) is 4.27. The molecule has 0 unspecified atom stereocenters. The fourth-order valence-corrected chi connectivity index (χ4v) is 1.23. The van der Waals surface area contributed by atoms with Crippen molar-refractivity contribution in [3.05, 3.63) is 20.2 Å². The quantitative estimate of drug-likeness (QED) is 0.480. The van der Waals surface area contributed by atoms with Crippen LogP contribution in [0.5, 0.6) is 0 Å².